The number of rotatable bonds is 51. The van der Waals surface area contributed by atoms with Crippen LogP contribution in [0.25, 0.3) is 0 Å². The monoisotopic (exact) mass is 1010 g/mol. The van der Waals surface area contributed by atoms with Gasteiger partial charge in [-0.3, -0.25) is 14.4 Å². The van der Waals surface area contributed by atoms with E-state index < -0.39 is 6.10 Å². The lowest BCUT2D eigenvalue weighted by Crippen LogP contribution is -2.30. The van der Waals surface area contributed by atoms with E-state index in [1.807, 2.05) is 0 Å². The minimum atomic E-state index is -0.795. The number of allylic oxidation sites excluding steroid dienone is 24. The second-order valence-electron chi connectivity index (χ2n) is 18.8. The molecule has 0 rings (SSSR count). The van der Waals surface area contributed by atoms with E-state index in [0.717, 1.165) is 180 Å². The van der Waals surface area contributed by atoms with E-state index in [-0.39, 0.29) is 31.1 Å². The number of carbonyl (C=O) groups is 3. The lowest BCUT2D eigenvalue weighted by atomic mass is 10.1. The van der Waals surface area contributed by atoms with Crippen LogP contribution in [0.2, 0.25) is 0 Å². The van der Waals surface area contributed by atoms with E-state index in [0.29, 0.717) is 19.3 Å². The van der Waals surface area contributed by atoms with Crippen molar-refractivity contribution in [2.24, 2.45) is 0 Å². The fourth-order valence-corrected chi connectivity index (χ4v) is 7.51. The van der Waals surface area contributed by atoms with E-state index in [1.165, 1.54) is 19.3 Å². The maximum Gasteiger partial charge on any atom is 0.306 e. The maximum atomic E-state index is 12.8. The van der Waals surface area contributed by atoms with Gasteiger partial charge < -0.3 is 14.2 Å². The summed E-state index contributed by atoms with van der Waals surface area (Å²) in [6.45, 7) is 6.29. The van der Waals surface area contributed by atoms with Gasteiger partial charge in [0.15, 0.2) is 6.10 Å². The molecular formula is C67H106O6. The molecule has 410 valence electrons. The SMILES string of the molecule is CC/C=C\C/C=C\C/C=C\C/C=C\C/C=C\C/C=C\C/C=C\CCCCCCCC(=O)OCC(COC(=O)CCCCCCC)OC(=O)CCCCCCCCC/C=C\C/C=C\C/C=C\C/C=C\C/C=C\CC. The molecule has 6 nitrogen and oxygen atoms in total. The smallest absolute Gasteiger partial charge is 0.306 e. The number of unbranched alkanes of at least 4 members (excludes halogenated alkanes) is 16. The van der Waals surface area contributed by atoms with Gasteiger partial charge in [0.2, 0.25) is 0 Å². The Morgan fingerprint density at radius 3 is 0.836 bits per heavy atom. The number of esters is 3. The highest BCUT2D eigenvalue weighted by atomic mass is 16.6. The summed E-state index contributed by atoms with van der Waals surface area (Å²) in [5.74, 6) is -0.946. The summed E-state index contributed by atoms with van der Waals surface area (Å²) >= 11 is 0. The largest absolute Gasteiger partial charge is 0.462 e. The van der Waals surface area contributed by atoms with Crippen LogP contribution in [0.4, 0.5) is 0 Å². The van der Waals surface area contributed by atoms with Crippen LogP contribution < -0.4 is 0 Å². The predicted molar refractivity (Wildman–Crippen MR) is 315 cm³/mol. The zero-order chi connectivity index (χ0) is 52.9. The molecule has 0 aliphatic rings. The van der Waals surface area contributed by atoms with Crippen LogP contribution >= 0.6 is 0 Å². The van der Waals surface area contributed by atoms with Gasteiger partial charge >= 0.3 is 17.9 Å². The Morgan fingerprint density at radius 1 is 0.288 bits per heavy atom. The van der Waals surface area contributed by atoms with Gasteiger partial charge in [-0.05, 0) is 122 Å². The van der Waals surface area contributed by atoms with Gasteiger partial charge in [0.25, 0.3) is 0 Å². The molecule has 0 aliphatic heterocycles. The van der Waals surface area contributed by atoms with Crippen molar-refractivity contribution in [1.29, 1.82) is 0 Å². The Morgan fingerprint density at radius 2 is 0.534 bits per heavy atom. The third-order valence-corrected chi connectivity index (χ3v) is 11.8. The Balaban J connectivity index is 4.21. The highest BCUT2D eigenvalue weighted by Gasteiger charge is 2.19. The third kappa shape index (κ3) is 58.1. The summed E-state index contributed by atoms with van der Waals surface area (Å²) in [7, 11) is 0. The van der Waals surface area contributed by atoms with Crippen LogP contribution in [-0.4, -0.2) is 37.2 Å². The van der Waals surface area contributed by atoms with Gasteiger partial charge in [0.1, 0.15) is 13.2 Å². The average Bonchev–Trinajstić information content (AvgIpc) is 3.39. The molecule has 0 aromatic rings. The number of carbonyl (C=O) groups excluding carboxylic acids is 3. The van der Waals surface area contributed by atoms with Crippen LogP contribution in [0.3, 0.4) is 0 Å². The first kappa shape index (κ1) is 68.3. The molecule has 73 heavy (non-hydrogen) atoms. The van der Waals surface area contributed by atoms with Crippen molar-refractivity contribution in [2.45, 2.75) is 245 Å². The quantitative estimate of drug-likeness (QED) is 0.0261. The summed E-state index contributed by atoms with van der Waals surface area (Å²) in [6, 6.07) is 0. The van der Waals surface area contributed by atoms with Gasteiger partial charge in [-0.15, -0.1) is 0 Å². The fraction of sp³-hybridized carbons (Fsp3) is 0.597. The number of hydrogen-bond donors (Lipinski definition) is 0. The summed E-state index contributed by atoms with van der Waals surface area (Å²) in [5, 5.41) is 0. The Bertz CT molecular complexity index is 1630. The van der Waals surface area contributed by atoms with Crippen LogP contribution in [-0.2, 0) is 28.6 Å². The van der Waals surface area contributed by atoms with Gasteiger partial charge in [-0.1, -0.05) is 244 Å². The molecule has 6 heteroatoms. The van der Waals surface area contributed by atoms with Crippen molar-refractivity contribution in [2.75, 3.05) is 13.2 Å². The molecule has 0 bridgehead atoms. The molecule has 0 saturated heterocycles. The molecule has 0 heterocycles. The third-order valence-electron chi connectivity index (χ3n) is 11.8. The highest BCUT2D eigenvalue weighted by Crippen LogP contribution is 2.13. The standard InChI is InChI=1S/C67H106O6/c1-4-7-10-13-15-17-19-21-23-25-27-29-31-32-33-34-36-37-39-41-43-45-47-49-51-54-57-60-66(69)72-63-64(62-71-65(68)59-56-53-12-9-6-3)73-67(70)61-58-55-52-50-48-46-44-42-40-38-35-30-28-26-24-22-20-18-16-14-11-8-5-2/h7-8,10-11,15-18,21-24,27-30,32-33,36-38,40-41,43,64H,4-6,9,12-14,19-20,25-26,31,34-35,39,42,44-63H2,1-3H3/b10-7-,11-8-,17-15-,18-16-,23-21-,24-22-,29-27-,30-28-,33-32-,37-36-,40-38-,43-41-. The second kappa shape index (κ2) is 59.8. The Hall–Kier alpha value is -4.71. The molecular weight excluding hydrogens is 901 g/mol. The molecule has 0 aromatic carbocycles. The number of hydrogen-bond acceptors (Lipinski definition) is 6. The highest BCUT2D eigenvalue weighted by molar-refractivity contribution is 5.71. The van der Waals surface area contributed by atoms with E-state index >= 15 is 0 Å². The molecule has 0 N–H and O–H groups in total. The average molecular weight is 1010 g/mol. The maximum absolute atomic E-state index is 12.8. The zero-order valence-corrected chi connectivity index (χ0v) is 46.8. The predicted octanol–water partition coefficient (Wildman–Crippen LogP) is 20.0. The van der Waals surface area contributed by atoms with Crippen molar-refractivity contribution in [3.05, 3.63) is 146 Å². The Labute approximate surface area is 448 Å². The van der Waals surface area contributed by atoms with Crippen molar-refractivity contribution >= 4 is 17.9 Å². The first-order valence-electron chi connectivity index (χ1n) is 29.3. The molecule has 1 unspecified atom stereocenters. The molecule has 0 aliphatic carbocycles. The van der Waals surface area contributed by atoms with E-state index in [4.69, 9.17) is 14.2 Å². The summed E-state index contributed by atoms with van der Waals surface area (Å²) in [5.41, 5.74) is 0. The minimum absolute atomic E-state index is 0.0950. The summed E-state index contributed by atoms with van der Waals surface area (Å²) < 4.78 is 16.7. The molecule has 0 spiro atoms. The van der Waals surface area contributed by atoms with E-state index in [1.54, 1.807) is 0 Å². The van der Waals surface area contributed by atoms with Gasteiger partial charge in [-0.2, -0.15) is 0 Å². The molecule has 0 amide bonds. The zero-order valence-electron chi connectivity index (χ0n) is 46.8. The molecule has 0 radical (unpaired) electrons. The second-order valence-corrected chi connectivity index (χ2v) is 18.8. The van der Waals surface area contributed by atoms with Gasteiger partial charge in [-0.25, -0.2) is 0 Å². The Kier molecular flexibility index (Phi) is 56.0. The number of ether oxygens (including phenoxy) is 3. The van der Waals surface area contributed by atoms with Crippen molar-refractivity contribution in [3.8, 4) is 0 Å². The summed E-state index contributed by atoms with van der Waals surface area (Å²) in [4.78, 5) is 37.9. The summed E-state index contributed by atoms with van der Waals surface area (Å²) in [6.07, 6.45) is 85.9. The van der Waals surface area contributed by atoms with Crippen LogP contribution in [0.5, 0.6) is 0 Å². The lowest BCUT2D eigenvalue weighted by molar-refractivity contribution is -0.167. The molecule has 0 saturated carbocycles. The fourth-order valence-electron chi connectivity index (χ4n) is 7.51. The molecule has 1 atom stereocenters. The van der Waals surface area contributed by atoms with Crippen molar-refractivity contribution in [1.82, 2.24) is 0 Å². The lowest BCUT2D eigenvalue weighted by Gasteiger charge is -2.18. The first-order valence-corrected chi connectivity index (χ1v) is 29.3. The van der Waals surface area contributed by atoms with E-state index in [2.05, 4.69) is 167 Å². The van der Waals surface area contributed by atoms with Crippen molar-refractivity contribution in [3.63, 3.8) is 0 Å². The minimum Gasteiger partial charge on any atom is -0.462 e. The van der Waals surface area contributed by atoms with Gasteiger partial charge in [0, 0.05) is 19.3 Å². The van der Waals surface area contributed by atoms with Gasteiger partial charge in [0.05, 0.1) is 0 Å². The normalized spacial score (nSPS) is 13.2. The van der Waals surface area contributed by atoms with Crippen LogP contribution in [0.1, 0.15) is 239 Å². The topological polar surface area (TPSA) is 78.9 Å². The molecule has 0 aromatic heterocycles. The molecule has 0 fully saturated rings. The van der Waals surface area contributed by atoms with E-state index in [9.17, 15) is 14.4 Å². The van der Waals surface area contributed by atoms with Crippen molar-refractivity contribution < 1.29 is 28.6 Å². The van der Waals surface area contributed by atoms with Crippen LogP contribution in [0, 0.1) is 0 Å². The first-order chi connectivity index (χ1) is 36.0. The van der Waals surface area contributed by atoms with Crippen LogP contribution in [0.15, 0.2) is 146 Å².